The summed E-state index contributed by atoms with van der Waals surface area (Å²) in [6, 6.07) is 0.593. The Bertz CT molecular complexity index is 426. The van der Waals surface area contributed by atoms with Crippen LogP contribution >= 0.6 is 0 Å². The molecule has 6 nitrogen and oxygen atoms in total. The Hall–Kier alpha value is -1.30. The van der Waals surface area contributed by atoms with Crippen LogP contribution in [0.2, 0.25) is 0 Å². The van der Waals surface area contributed by atoms with E-state index in [1.807, 2.05) is 4.90 Å². The second kappa shape index (κ2) is 11.3. The van der Waals surface area contributed by atoms with Crippen LogP contribution in [0.3, 0.4) is 0 Å². The lowest BCUT2D eigenvalue weighted by Crippen LogP contribution is -2.40. The Morgan fingerprint density at radius 1 is 1.16 bits per heavy atom. The second-order valence-electron chi connectivity index (χ2n) is 7.12. The number of aliphatic imine (C=N–C) groups is 1. The van der Waals surface area contributed by atoms with Crippen LogP contribution in [0.1, 0.15) is 58.8 Å². The first-order chi connectivity index (χ1) is 12.2. The molecule has 1 atom stereocenters. The lowest BCUT2D eigenvalue weighted by molar-refractivity contribution is -0.130. The smallest absolute Gasteiger partial charge is 0.222 e. The van der Waals surface area contributed by atoms with Crippen molar-refractivity contribution in [3.8, 4) is 0 Å². The van der Waals surface area contributed by atoms with Gasteiger partial charge in [0.1, 0.15) is 0 Å². The number of rotatable bonds is 8. The van der Waals surface area contributed by atoms with Crippen molar-refractivity contribution in [2.24, 2.45) is 4.99 Å². The number of likely N-dealkylation sites (N-methyl/N-ethyl adjacent to an activating group) is 1. The van der Waals surface area contributed by atoms with Gasteiger partial charge in [-0.2, -0.15) is 0 Å². The van der Waals surface area contributed by atoms with E-state index in [9.17, 15) is 4.79 Å². The Morgan fingerprint density at radius 3 is 2.84 bits per heavy atom. The summed E-state index contributed by atoms with van der Waals surface area (Å²) in [5, 5.41) is 6.77. The molecule has 0 bridgehead atoms. The zero-order chi connectivity index (χ0) is 17.9. The molecule has 0 saturated carbocycles. The van der Waals surface area contributed by atoms with E-state index in [1.54, 1.807) is 0 Å². The Balaban J connectivity index is 1.71. The molecule has 0 aromatic heterocycles. The van der Waals surface area contributed by atoms with Gasteiger partial charge >= 0.3 is 0 Å². The van der Waals surface area contributed by atoms with Crippen molar-refractivity contribution in [1.82, 2.24) is 20.4 Å². The Kier molecular flexibility index (Phi) is 9.08. The molecule has 2 aliphatic rings. The van der Waals surface area contributed by atoms with E-state index in [4.69, 9.17) is 4.99 Å². The van der Waals surface area contributed by atoms with Crippen molar-refractivity contribution < 1.29 is 4.79 Å². The summed E-state index contributed by atoms with van der Waals surface area (Å²) in [6.07, 6.45) is 7.65. The van der Waals surface area contributed by atoms with Gasteiger partial charge in [-0.05, 0) is 52.1 Å². The zero-order valence-electron chi connectivity index (χ0n) is 16.2. The minimum absolute atomic E-state index is 0.332. The van der Waals surface area contributed by atoms with Gasteiger partial charge in [-0.25, -0.2) is 0 Å². The van der Waals surface area contributed by atoms with Crippen LogP contribution in [0.15, 0.2) is 4.99 Å². The van der Waals surface area contributed by atoms with E-state index in [-0.39, 0.29) is 0 Å². The maximum Gasteiger partial charge on any atom is 0.222 e. The van der Waals surface area contributed by atoms with Gasteiger partial charge in [-0.3, -0.25) is 14.7 Å². The lowest BCUT2D eigenvalue weighted by atomic mass is 10.2. The molecule has 2 fully saturated rings. The van der Waals surface area contributed by atoms with Gasteiger partial charge in [0.05, 0.1) is 6.54 Å². The molecule has 2 rings (SSSR count). The number of carbonyl (C=O) groups excluding carboxylic acids is 1. The predicted molar refractivity (Wildman–Crippen MR) is 104 cm³/mol. The van der Waals surface area contributed by atoms with Crippen LogP contribution in [-0.2, 0) is 4.79 Å². The van der Waals surface area contributed by atoms with Gasteiger partial charge in [0.15, 0.2) is 5.96 Å². The largest absolute Gasteiger partial charge is 0.357 e. The number of nitrogens with one attached hydrogen (secondary N) is 2. The van der Waals surface area contributed by atoms with Gasteiger partial charge in [0.2, 0.25) is 5.91 Å². The van der Waals surface area contributed by atoms with Crippen LogP contribution in [0.5, 0.6) is 0 Å². The standard InChI is InChI=1S/C19H37N5O/c1-3-20-19(22-16-17-10-8-14-23(17)4-2)21-12-9-15-24-13-7-5-6-11-18(24)25/h17H,3-16H2,1-2H3,(H2,20,21,22). The number of hydrogen-bond donors (Lipinski definition) is 2. The van der Waals surface area contributed by atoms with E-state index in [0.29, 0.717) is 11.9 Å². The van der Waals surface area contributed by atoms with E-state index in [1.165, 1.54) is 25.8 Å². The van der Waals surface area contributed by atoms with Crippen molar-refractivity contribution in [3.05, 3.63) is 0 Å². The molecule has 2 aliphatic heterocycles. The molecule has 1 unspecified atom stereocenters. The highest BCUT2D eigenvalue weighted by atomic mass is 16.2. The van der Waals surface area contributed by atoms with Crippen LogP contribution < -0.4 is 10.6 Å². The van der Waals surface area contributed by atoms with Crippen molar-refractivity contribution in [1.29, 1.82) is 0 Å². The van der Waals surface area contributed by atoms with E-state index < -0.39 is 0 Å². The molecular formula is C19H37N5O. The third-order valence-electron chi connectivity index (χ3n) is 5.28. The minimum Gasteiger partial charge on any atom is -0.357 e. The fourth-order valence-corrected chi connectivity index (χ4v) is 3.81. The first-order valence-electron chi connectivity index (χ1n) is 10.3. The average molecular weight is 352 g/mol. The molecular weight excluding hydrogens is 314 g/mol. The zero-order valence-corrected chi connectivity index (χ0v) is 16.2. The van der Waals surface area contributed by atoms with Gasteiger partial charge in [0, 0.05) is 38.6 Å². The first-order valence-corrected chi connectivity index (χ1v) is 10.3. The quantitative estimate of drug-likeness (QED) is 0.398. The number of nitrogens with zero attached hydrogens (tertiary/aromatic N) is 3. The highest BCUT2D eigenvalue weighted by Gasteiger charge is 2.22. The Labute approximate surface area is 153 Å². The molecule has 1 amide bonds. The summed E-state index contributed by atoms with van der Waals surface area (Å²) in [7, 11) is 0. The molecule has 6 heteroatoms. The summed E-state index contributed by atoms with van der Waals surface area (Å²) in [5.74, 6) is 1.24. The van der Waals surface area contributed by atoms with Gasteiger partial charge < -0.3 is 15.5 Å². The minimum atomic E-state index is 0.332. The lowest BCUT2D eigenvalue weighted by Gasteiger charge is -2.22. The maximum absolute atomic E-state index is 12.0. The van der Waals surface area contributed by atoms with Crippen LogP contribution in [0, 0.1) is 0 Å². The monoisotopic (exact) mass is 351 g/mol. The second-order valence-corrected chi connectivity index (χ2v) is 7.12. The molecule has 2 heterocycles. The van der Waals surface area contributed by atoms with Crippen LogP contribution in [0.4, 0.5) is 0 Å². The van der Waals surface area contributed by atoms with Crippen LogP contribution in [0.25, 0.3) is 0 Å². The molecule has 0 radical (unpaired) electrons. The van der Waals surface area contributed by atoms with Crippen molar-refractivity contribution in [2.75, 3.05) is 45.8 Å². The van der Waals surface area contributed by atoms with Crippen molar-refractivity contribution >= 4 is 11.9 Å². The highest BCUT2D eigenvalue weighted by Crippen LogP contribution is 2.16. The van der Waals surface area contributed by atoms with Crippen molar-refractivity contribution in [3.63, 3.8) is 0 Å². The molecule has 0 aromatic rings. The fourth-order valence-electron chi connectivity index (χ4n) is 3.81. The average Bonchev–Trinajstić information content (AvgIpc) is 2.98. The third-order valence-corrected chi connectivity index (χ3v) is 5.28. The number of guanidine groups is 1. The first kappa shape index (κ1) is 20.0. The van der Waals surface area contributed by atoms with Crippen molar-refractivity contribution in [2.45, 2.75) is 64.8 Å². The SMILES string of the molecule is CCNC(=NCC1CCCN1CC)NCCCN1CCCCCC1=O. The molecule has 2 saturated heterocycles. The number of amides is 1. The van der Waals surface area contributed by atoms with Crippen LogP contribution in [-0.4, -0.2) is 73.5 Å². The molecule has 25 heavy (non-hydrogen) atoms. The summed E-state index contributed by atoms with van der Waals surface area (Å²) in [5.41, 5.74) is 0. The highest BCUT2D eigenvalue weighted by molar-refractivity contribution is 5.79. The number of carbonyl (C=O) groups is 1. The van der Waals surface area contributed by atoms with Gasteiger partial charge in [0.25, 0.3) is 0 Å². The molecule has 144 valence electrons. The molecule has 2 N–H and O–H groups in total. The van der Waals surface area contributed by atoms with E-state index in [0.717, 1.165) is 70.9 Å². The van der Waals surface area contributed by atoms with Gasteiger partial charge in [-0.1, -0.05) is 13.3 Å². The van der Waals surface area contributed by atoms with E-state index in [2.05, 4.69) is 29.4 Å². The molecule has 0 aromatic carbocycles. The molecule has 0 spiro atoms. The number of likely N-dealkylation sites (tertiary alicyclic amines) is 2. The third kappa shape index (κ3) is 6.84. The van der Waals surface area contributed by atoms with E-state index >= 15 is 0 Å². The normalized spacial score (nSPS) is 23.0. The summed E-state index contributed by atoms with van der Waals surface area (Å²) < 4.78 is 0. The maximum atomic E-state index is 12.0. The Morgan fingerprint density at radius 2 is 2.04 bits per heavy atom. The summed E-state index contributed by atoms with van der Waals surface area (Å²) in [6.45, 7) is 11.1. The summed E-state index contributed by atoms with van der Waals surface area (Å²) in [4.78, 5) is 21.4. The summed E-state index contributed by atoms with van der Waals surface area (Å²) >= 11 is 0. The predicted octanol–water partition coefficient (Wildman–Crippen LogP) is 1.82. The fraction of sp³-hybridized carbons (Fsp3) is 0.895. The topological polar surface area (TPSA) is 60.0 Å². The van der Waals surface area contributed by atoms with Gasteiger partial charge in [-0.15, -0.1) is 0 Å². The molecule has 0 aliphatic carbocycles. The number of hydrogen-bond acceptors (Lipinski definition) is 3.